The van der Waals surface area contributed by atoms with Crippen LogP contribution in [0.1, 0.15) is 20.8 Å². The maximum absolute atomic E-state index is 13.0. The number of pyridine rings is 1. The standard InChI is InChI=1S/C18H20ClN3O3S/c1-18(2,3)26(23,24)16-10-22-14(9-21-17(22)8-15(16)25-4)11-5-6-13(20)12(19)7-11/h5-10H,20H2,1-4H3. The van der Waals surface area contributed by atoms with Gasteiger partial charge in [0.05, 0.1) is 34.5 Å². The predicted octanol–water partition coefficient (Wildman–Crippen LogP) is 3.82. The first-order valence-electron chi connectivity index (χ1n) is 7.91. The molecule has 6 nitrogen and oxygen atoms in total. The zero-order chi connectivity index (χ0) is 19.3. The van der Waals surface area contributed by atoms with Crippen molar-refractivity contribution in [1.82, 2.24) is 9.38 Å². The average molecular weight is 394 g/mol. The van der Waals surface area contributed by atoms with Crippen molar-refractivity contribution >= 4 is 32.8 Å². The van der Waals surface area contributed by atoms with Crippen LogP contribution in [0.3, 0.4) is 0 Å². The number of nitrogen functional groups attached to an aromatic ring is 1. The maximum atomic E-state index is 13.0. The Bertz CT molecular complexity index is 1100. The Hall–Kier alpha value is -2.25. The number of anilines is 1. The molecule has 138 valence electrons. The Balaban J connectivity index is 2.30. The number of aromatic nitrogens is 2. The Morgan fingerprint density at radius 2 is 1.92 bits per heavy atom. The number of hydrogen-bond acceptors (Lipinski definition) is 5. The largest absolute Gasteiger partial charge is 0.495 e. The molecule has 0 aliphatic rings. The van der Waals surface area contributed by atoms with Crippen molar-refractivity contribution in [3.05, 3.63) is 41.7 Å². The Morgan fingerprint density at radius 3 is 2.50 bits per heavy atom. The molecule has 0 fully saturated rings. The van der Waals surface area contributed by atoms with Gasteiger partial charge in [-0.25, -0.2) is 13.4 Å². The van der Waals surface area contributed by atoms with E-state index in [-0.39, 0.29) is 10.6 Å². The minimum Gasteiger partial charge on any atom is -0.495 e. The monoisotopic (exact) mass is 393 g/mol. The highest BCUT2D eigenvalue weighted by Crippen LogP contribution is 2.35. The van der Waals surface area contributed by atoms with Crippen molar-refractivity contribution < 1.29 is 13.2 Å². The van der Waals surface area contributed by atoms with Gasteiger partial charge in [0.1, 0.15) is 16.3 Å². The quantitative estimate of drug-likeness (QED) is 0.683. The number of fused-ring (bicyclic) bond motifs is 1. The van der Waals surface area contributed by atoms with E-state index in [1.807, 2.05) is 6.07 Å². The SMILES string of the molecule is COc1cc2ncc(-c3ccc(N)c(Cl)c3)n2cc1S(=O)(=O)C(C)(C)C. The molecule has 0 saturated heterocycles. The van der Waals surface area contributed by atoms with Crippen LogP contribution in [0.15, 0.2) is 41.6 Å². The summed E-state index contributed by atoms with van der Waals surface area (Å²) in [6.07, 6.45) is 3.20. The van der Waals surface area contributed by atoms with Gasteiger partial charge in [0.15, 0.2) is 9.84 Å². The zero-order valence-electron chi connectivity index (χ0n) is 14.9. The van der Waals surface area contributed by atoms with Crippen molar-refractivity contribution in [2.24, 2.45) is 0 Å². The normalized spacial score (nSPS) is 12.5. The number of imidazole rings is 1. The van der Waals surface area contributed by atoms with Gasteiger partial charge in [0.2, 0.25) is 0 Å². The van der Waals surface area contributed by atoms with E-state index in [0.29, 0.717) is 22.1 Å². The number of methoxy groups -OCH3 is 1. The van der Waals surface area contributed by atoms with E-state index in [9.17, 15) is 8.42 Å². The van der Waals surface area contributed by atoms with E-state index in [1.54, 1.807) is 55.8 Å². The van der Waals surface area contributed by atoms with Crippen LogP contribution in [0.4, 0.5) is 5.69 Å². The van der Waals surface area contributed by atoms with Crippen LogP contribution in [0.25, 0.3) is 16.9 Å². The molecule has 0 amide bonds. The van der Waals surface area contributed by atoms with Crippen LogP contribution in [0.2, 0.25) is 5.02 Å². The van der Waals surface area contributed by atoms with Gasteiger partial charge in [-0.1, -0.05) is 17.7 Å². The summed E-state index contributed by atoms with van der Waals surface area (Å²) < 4.78 is 32.0. The lowest BCUT2D eigenvalue weighted by molar-refractivity contribution is 0.401. The molecule has 3 aromatic rings. The van der Waals surface area contributed by atoms with Gasteiger partial charge in [-0.2, -0.15) is 0 Å². The van der Waals surface area contributed by atoms with Crippen LogP contribution in [-0.2, 0) is 9.84 Å². The number of sulfone groups is 1. The molecule has 0 unspecified atom stereocenters. The number of ether oxygens (including phenoxy) is 1. The number of rotatable bonds is 3. The molecule has 0 aliphatic carbocycles. The number of nitrogens with zero attached hydrogens (tertiary/aromatic N) is 2. The first kappa shape index (κ1) is 18.5. The summed E-state index contributed by atoms with van der Waals surface area (Å²) in [7, 11) is -2.18. The Morgan fingerprint density at radius 1 is 1.23 bits per heavy atom. The zero-order valence-corrected chi connectivity index (χ0v) is 16.5. The Labute approximate surface area is 157 Å². The third-order valence-electron chi connectivity index (χ3n) is 4.19. The van der Waals surface area contributed by atoms with Crippen LogP contribution >= 0.6 is 11.6 Å². The fourth-order valence-electron chi connectivity index (χ4n) is 2.58. The third kappa shape index (κ3) is 2.91. The van der Waals surface area contributed by atoms with Crippen LogP contribution < -0.4 is 10.5 Å². The summed E-state index contributed by atoms with van der Waals surface area (Å²) in [4.78, 5) is 4.47. The fraction of sp³-hybridized carbons (Fsp3) is 0.278. The predicted molar refractivity (Wildman–Crippen MR) is 104 cm³/mol. The second-order valence-corrected chi connectivity index (χ2v) is 10.0. The molecule has 2 N–H and O–H groups in total. The number of benzene rings is 1. The highest BCUT2D eigenvalue weighted by atomic mass is 35.5. The number of halogens is 1. The molecule has 2 aromatic heterocycles. The fourth-order valence-corrected chi connectivity index (χ4v) is 4.07. The minimum absolute atomic E-state index is 0.112. The average Bonchev–Trinajstić information content (AvgIpc) is 2.98. The second kappa shape index (κ2) is 6.17. The molecule has 0 spiro atoms. The lowest BCUT2D eigenvalue weighted by Crippen LogP contribution is -2.28. The van der Waals surface area contributed by atoms with E-state index in [4.69, 9.17) is 22.1 Å². The van der Waals surface area contributed by atoms with Gasteiger partial charge < -0.3 is 10.5 Å². The highest BCUT2D eigenvalue weighted by Gasteiger charge is 2.34. The van der Waals surface area contributed by atoms with Crippen LogP contribution in [0, 0.1) is 0 Å². The number of nitrogens with two attached hydrogens (primary N) is 1. The summed E-state index contributed by atoms with van der Waals surface area (Å²) in [5.41, 5.74) is 8.30. The van der Waals surface area contributed by atoms with Gasteiger partial charge in [-0.05, 0) is 32.9 Å². The van der Waals surface area contributed by atoms with Crippen molar-refractivity contribution in [2.45, 2.75) is 30.4 Å². The van der Waals surface area contributed by atoms with Crippen molar-refractivity contribution in [3.63, 3.8) is 0 Å². The van der Waals surface area contributed by atoms with Crippen molar-refractivity contribution in [2.75, 3.05) is 12.8 Å². The van der Waals surface area contributed by atoms with E-state index in [1.165, 1.54) is 7.11 Å². The number of hydrogen-bond donors (Lipinski definition) is 1. The van der Waals surface area contributed by atoms with Gasteiger partial charge in [0, 0.05) is 17.8 Å². The summed E-state index contributed by atoms with van der Waals surface area (Å²) in [5, 5.41) is 0.425. The molecule has 0 bridgehead atoms. The topological polar surface area (TPSA) is 86.7 Å². The highest BCUT2D eigenvalue weighted by molar-refractivity contribution is 7.92. The van der Waals surface area contributed by atoms with E-state index in [2.05, 4.69) is 4.98 Å². The lowest BCUT2D eigenvalue weighted by atomic mass is 10.1. The molecule has 0 saturated carbocycles. The summed E-state index contributed by atoms with van der Waals surface area (Å²) in [5.74, 6) is 0.264. The molecule has 3 rings (SSSR count). The molecule has 26 heavy (non-hydrogen) atoms. The molecule has 8 heteroatoms. The van der Waals surface area contributed by atoms with Gasteiger partial charge in [-0.3, -0.25) is 4.40 Å². The smallest absolute Gasteiger partial charge is 0.188 e. The molecule has 0 radical (unpaired) electrons. The summed E-state index contributed by atoms with van der Waals surface area (Å²) in [6.45, 7) is 4.96. The first-order chi connectivity index (χ1) is 12.1. The van der Waals surface area contributed by atoms with E-state index < -0.39 is 14.6 Å². The van der Waals surface area contributed by atoms with Gasteiger partial charge in [0.25, 0.3) is 0 Å². The van der Waals surface area contributed by atoms with Crippen LogP contribution in [-0.4, -0.2) is 29.7 Å². The van der Waals surface area contributed by atoms with E-state index >= 15 is 0 Å². The summed E-state index contributed by atoms with van der Waals surface area (Å²) >= 11 is 6.12. The Kier molecular flexibility index (Phi) is 4.40. The van der Waals surface area contributed by atoms with Gasteiger partial charge in [-0.15, -0.1) is 0 Å². The molecule has 0 atom stereocenters. The minimum atomic E-state index is -3.62. The van der Waals surface area contributed by atoms with Gasteiger partial charge >= 0.3 is 0 Å². The third-order valence-corrected chi connectivity index (χ3v) is 7.01. The van der Waals surface area contributed by atoms with E-state index in [0.717, 1.165) is 5.56 Å². The van der Waals surface area contributed by atoms with Crippen molar-refractivity contribution in [1.29, 1.82) is 0 Å². The summed E-state index contributed by atoms with van der Waals surface area (Å²) in [6, 6.07) is 6.85. The maximum Gasteiger partial charge on any atom is 0.188 e. The molecule has 2 heterocycles. The second-order valence-electron chi connectivity index (χ2n) is 6.93. The van der Waals surface area contributed by atoms with Crippen LogP contribution in [0.5, 0.6) is 5.75 Å². The molecule has 0 aliphatic heterocycles. The molecule has 1 aromatic carbocycles. The first-order valence-corrected chi connectivity index (χ1v) is 9.77. The lowest BCUT2D eigenvalue weighted by Gasteiger charge is -2.21. The molecular formula is C18H20ClN3O3S. The molecular weight excluding hydrogens is 374 g/mol. The van der Waals surface area contributed by atoms with Crippen molar-refractivity contribution in [3.8, 4) is 17.0 Å².